The monoisotopic (exact) mass is 532 g/mol. The molecule has 0 aromatic heterocycles. The molecule has 0 unspecified atom stereocenters. The number of nitrogens with zero attached hydrogens (tertiary/aromatic N) is 1. The summed E-state index contributed by atoms with van der Waals surface area (Å²) in [5.41, 5.74) is 0.705. The van der Waals surface area contributed by atoms with Crippen molar-refractivity contribution < 1.29 is 21.6 Å². The van der Waals surface area contributed by atoms with Crippen LogP contribution in [0, 0.1) is 5.41 Å². The lowest BCUT2D eigenvalue weighted by molar-refractivity contribution is -0.123. The third-order valence-electron chi connectivity index (χ3n) is 5.75. The lowest BCUT2D eigenvalue weighted by Gasteiger charge is -2.24. The molecule has 0 aliphatic rings. The topological polar surface area (TPSA) is 125 Å². The van der Waals surface area contributed by atoms with Crippen molar-refractivity contribution in [2.24, 2.45) is 5.41 Å². The minimum Gasteiger partial charge on any atom is -0.377 e. The quantitative estimate of drug-likeness (QED) is 0.366. The van der Waals surface area contributed by atoms with Crippen molar-refractivity contribution in [1.82, 2.24) is 4.72 Å². The predicted molar refractivity (Wildman–Crippen MR) is 145 cm³/mol. The summed E-state index contributed by atoms with van der Waals surface area (Å²) in [5, 5.41) is 4.18. The number of rotatable bonds is 10. The molecule has 0 saturated heterocycles. The summed E-state index contributed by atoms with van der Waals surface area (Å²) in [4.78, 5) is 14.8. The molecule has 1 amide bonds. The van der Waals surface area contributed by atoms with E-state index < -0.39 is 25.5 Å². The van der Waals surface area contributed by atoms with Crippen LogP contribution in [0.1, 0.15) is 20.8 Å². The van der Waals surface area contributed by atoms with E-state index in [0.717, 1.165) is 11.1 Å². The maximum absolute atomic E-state index is 13.2. The van der Waals surface area contributed by atoms with Crippen LogP contribution in [-0.2, 0) is 24.8 Å². The molecule has 0 aliphatic carbocycles. The minimum absolute atomic E-state index is 0.0482. The molecule has 11 heteroatoms. The van der Waals surface area contributed by atoms with Crippen molar-refractivity contribution in [2.75, 3.05) is 41.3 Å². The van der Waals surface area contributed by atoms with E-state index >= 15 is 0 Å². The molecule has 0 bridgehead atoms. The molecule has 0 fully saturated rings. The number of sulfonamides is 2. The van der Waals surface area contributed by atoms with Crippen molar-refractivity contribution in [3.63, 3.8) is 0 Å². The molecule has 194 valence electrons. The van der Waals surface area contributed by atoms with Crippen LogP contribution >= 0.6 is 0 Å². The van der Waals surface area contributed by atoms with Crippen LogP contribution in [0.3, 0.4) is 0 Å². The van der Waals surface area contributed by atoms with Gasteiger partial charge >= 0.3 is 0 Å². The summed E-state index contributed by atoms with van der Waals surface area (Å²) in [7, 11) is -3.51. The van der Waals surface area contributed by atoms with Gasteiger partial charge in [0, 0.05) is 48.5 Å². The first-order valence-electron chi connectivity index (χ1n) is 11.4. The Hall–Kier alpha value is -3.15. The van der Waals surface area contributed by atoms with Crippen LogP contribution in [0.2, 0.25) is 0 Å². The lowest BCUT2D eigenvalue weighted by Crippen LogP contribution is -2.42. The molecule has 0 aliphatic heterocycles. The standard InChI is InChI=1S/C25H32N4O5S2/c1-6-35(31,32)26-17-25(2,3)24(30)27-18-13-15-19(16-14-18)28-36(33,34)23-12-8-9-20-21(23)10-7-11-22(20)29(4)5/h7-16,26,28H,6,17H2,1-5H3,(H,27,30). The molecule has 3 aromatic carbocycles. The smallest absolute Gasteiger partial charge is 0.262 e. The minimum atomic E-state index is -3.89. The fourth-order valence-corrected chi connectivity index (χ4v) is 5.56. The maximum Gasteiger partial charge on any atom is 0.262 e. The van der Waals surface area contributed by atoms with Gasteiger partial charge in [0.25, 0.3) is 10.0 Å². The Labute approximate surface area is 213 Å². The van der Waals surface area contributed by atoms with E-state index in [1.807, 2.05) is 37.2 Å². The van der Waals surface area contributed by atoms with Crippen molar-refractivity contribution in [3.05, 3.63) is 60.7 Å². The number of benzene rings is 3. The van der Waals surface area contributed by atoms with Gasteiger partial charge in [-0.1, -0.05) is 24.3 Å². The van der Waals surface area contributed by atoms with E-state index in [9.17, 15) is 21.6 Å². The Morgan fingerprint density at radius 1 is 0.861 bits per heavy atom. The van der Waals surface area contributed by atoms with Crippen LogP contribution in [0.4, 0.5) is 17.1 Å². The number of carbonyl (C=O) groups excluding carboxylic acids is 1. The Morgan fingerprint density at radius 3 is 2.06 bits per heavy atom. The molecule has 0 heterocycles. The Kier molecular flexibility index (Phi) is 7.97. The van der Waals surface area contributed by atoms with Gasteiger partial charge in [-0.2, -0.15) is 0 Å². The van der Waals surface area contributed by atoms with Gasteiger partial charge in [-0.3, -0.25) is 9.52 Å². The zero-order chi connectivity index (χ0) is 26.7. The summed E-state index contributed by atoms with van der Waals surface area (Å²) >= 11 is 0. The number of hydrogen-bond acceptors (Lipinski definition) is 6. The number of fused-ring (bicyclic) bond motifs is 1. The van der Waals surface area contributed by atoms with Gasteiger partial charge in [-0.25, -0.2) is 21.6 Å². The molecule has 0 atom stereocenters. The molecule has 9 nitrogen and oxygen atoms in total. The van der Waals surface area contributed by atoms with Gasteiger partial charge in [0.05, 0.1) is 16.1 Å². The summed E-state index contributed by atoms with van der Waals surface area (Å²) in [5.74, 6) is -0.445. The van der Waals surface area contributed by atoms with Gasteiger partial charge in [0.1, 0.15) is 0 Å². The number of anilines is 3. The third kappa shape index (κ3) is 6.34. The average molecular weight is 533 g/mol. The van der Waals surface area contributed by atoms with Crippen molar-refractivity contribution >= 4 is 53.8 Å². The highest BCUT2D eigenvalue weighted by atomic mass is 32.2. The zero-order valence-electron chi connectivity index (χ0n) is 21.0. The summed E-state index contributed by atoms with van der Waals surface area (Å²) in [6, 6.07) is 16.9. The average Bonchev–Trinajstić information content (AvgIpc) is 2.83. The molecular weight excluding hydrogens is 500 g/mol. The summed E-state index contributed by atoms with van der Waals surface area (Å²) in [6.45, 7) is 4.74. The fraction of sp³-hybridized carbons (Fsp3) is 0.320. The normalized spacial score (nSPS) is 12.4. The Bertz CT molecular complexity index is 1470. The molecule has 0 radical (unpaired) electrons. The molecule has 3 aromatic rings. The van der Waals surface area contributed by atoms with Gasteiger partial charge in [0.15, 0.2) is 0 Å². The lowest BCUT2D eigenvalue weighted by atomic mass is 9.92. The second-order valence-corrected chi connectivity index (χ2v) is 13.0. The number of nitrogens with one attached hydrogen (secondary N) is 3. The van der Waals surface area contributed by atoms with Gasteiger partial charge in [0.2, 0.25) is 15.9 Å². The second kappa shape index (κ2) is 10.5. The van der Waals surface area contributed by atoms with E-state index in [1.54, 1.807) is 56.3 Å². The number of amides is 1. The van der Waals surface area contributed by atoms with Crippen LogP contribution < -0.4 is 19.7 Å². The van der Waals surface area contributed by atoms with Crippen molar-refractivity contribution in [1.29, 1.82) is 0 Å². The summed E-state index contributed by atoms with van der Waals surface area (Å²) < 4.78 is 54.9. The highest BCUT2D eigenvalue weighted by Crippen LogP contribution is 2.31. The molecule has 3 N–H and O–H groups in total. The SMILES string of the molecule is CCS(=O)(=O)NCC(C)(C)C(=O)Nc1ccc(NS(=O)(=O)c2cccc3c(N(C)C)cccc23)cc1. The molecule has 36 heavy (non-hydrogen) atoms. The zero-order valence-corrected chi connectivity index (χ0v) is 22.6. The number of carbonyl (C=O) groups is 1. The predicted octanol–water partition coefficient (Wildman–Crippen LogP) is 3.61. The van der Waals surface area contributed by atoms with Crippen LogP contribution in [0.5, 0.6) is 0 Å². The Morgan fingerprint density at radius 2 is 1.44 bits per heavy atom. The first-order chi connectivity index (χ1) is 16.8. The van der Waals surface area contributed by atoms with Crippen molar-refractivity contribution in [2.45, 2.75) is 25.7 Å². The van der Waals surface area contributed by atoms with Crippen LogP contribution in [0.15, 0.2) is 65.6 Å². The molecule has 3 rings (SSSR count). The largest absolute Gasteiger partial charge is 0.377 e. The van der Waals surface area contributed by atoms with Gasteiger partial charge < -0.3 is 10.2 Å². The number of hydrogen-bond donors (Lipinski definition) is 3. The molecule has 0 saturated carbocycles. The first kappa shape index (κ1) is 27.4. The summed E-state index contributed by atoms with van der Waals surface area (Å²) in [6.07, 6.45) is 0. The highest BCUT2D eigenvalue weighted by molar-refractivity contribution is 7.93. The van der Waals surface area contributed by atoms with Crippen LogP contribution in [-0.4, -0.2) is 49.1 Å². The maximum atomic E-state index is 13.2. The molecule has 0 spiro atoms. The first-order valence-corrected chi connectivity index (χ1v) is 14.5. The van der Waals surface area contributed by atoms with E-state index in [2.05, 4.69) is 14.8 Å². The van der Waals surface area contributed by atoms with Gasteiger partial charge in [-0.05, 0) is 57.2 Å². The van der Waals surface area contributed by atoms with Crippen LogP contribution in [0.25, 0.3) is 10.8 Å². The van der Waals surface area contributed by atoms with E-state index in [1.165, 1.54) is 6.92 Å². The fourth-order valence-electron chi connectivity index (χ4n) is 3.49. The molecular formula is C25H32N4O5S2. The van der Waals surface area contributed by atoms with E-state index in [4.69, 9.17) is 0 Å². The third-order valence-corrected chi connectivity index (χ3v) is 8.54. The van der Waals surface area contributed by atoms with E-state index in [-0.39, 0.29) is 23.1 Å². The highest BCUT2D eigenvalue weighted by Gasteiger charge is 2.29. The van der Waals surface area contributed by atoms with Crippen molar-refractivity contribution in [3.8, 4) is 0 Å². The second-order valence-electron chi connectivity index (χ2n) is 9.27. The Balaban J connectivity index is 1.76. The van der Waals surface area contributed by atoms with E-state index in [0.29, 0.717) is 16.8 Å². The van der Waals surface area contributed by atoms with Gasteiger partial charge in [-0.15, -0.1) is 0 Å².